The van der Waals surface area contributed by atoms with Crippen LogP contribution in [0.2, 0.25) is 0 Å². The Hall–Kier alpha value is -1.41. The zero-order valence-electron chi connectivity index (χ0n) is 10.4. The quantitative estimate of drug-likeness (QED) is 0.904. The third-order valence-electron chi connectivity index (χ3n) is 3.45. The van der Waals surface area contributed by atoms with E-state index in [4.69, 9.17) is 0 Å². The van der Waals surface area contributed by atoms with Crippen molar-refractivity contribution >= 4 is 21.8 Å². The van der Waals surface area contributed by atoms with Crippen LogP contribution in [0.4, 0.5) is 4.39 Å². The summed E-state index contributed by atoms with van der Waals surface area (Å²) in [7, 11) is 0. The largest absolute Gasteiger partial charge is 0.334 e. The van der Waals surface area contributed by atoms with Gasteiger partial charge in [0, 0.05) is 4.47 Å². The molecule has 1 saturated carbocycles. The van der Waals surface area contributed by atoms with Crippen molar-refractivity contribution in [3.05, 3.63) is 34.1 Å². The highest BCUT2D eigenvalue weighted by Crippen LogP contribution is 2.28. The minimum Gasteiger partial charge on any atom is -0.334 e. The number of nitriles is 1. The first kappa shape index (κ1) is 14.0. The average Bonchev–Trinajstić information content (AvgIpc) is 2.39. The number of hydrogen-bond donors (Lipinski definition) is 1. The first-order valence-corrected chi connectivity index (χ1v) is 7.04. The monoisotopic (exact) mass is 324 g/mol. The highest BCUT2D eigenvalue weighted by atomic mass is 79.9. The van der Waals surface area contributed by atoms with E-state index < -0.39 is 17.3 Å². The fraction of sp³-hybridized carbons (Fsp3) is 0.429. The Kier molecular flexibility index (Phi) is 4.20. The van der Waals surface area contributed by atoms with Gasteiger partial charge in [0.2, 0.25) is 0 Å². The normalized spacial score (nSPS) is 17.5. The molecule has 1 aromatic rings. The summed E-state index contributed by atoms with van der Waals surface area (Å²) in [6.45, 7) is 0. The molecule has 0 atom stereocenters. The molecule has 0 saturated heterocycles. The van der Waals surface area contributed by atoms with Gasteiger partial charge in [0.1, 0.15) is 11.4 Å². The van der Waals surface area contributed by atoms with Gasteiger partial charge >= 0.3 is 0 Å². The lowest BCUT2D eigenvalue weighted by Gasteiger charge is -2.31. The van der Waals surface area contributed by atoms with Gasteiger partial charge in [-0.05, 0) is 31.0 Å². The van der Waals surface area contributed by atoms with Crippen molar-refractivity contribution in [2.24, 2.45) is 0 Å². The van der Waals surface area contributed by atoms with Crippen LogP contribution in [0.15, 0.2) is 22.7 Å². The maximum atomic E-state index is 13.7. The minimum absolute atomic E-state index is 0.0246. The molecule has 1 N–H and O–H groups in total. The highest BCUT2D eigenvalue weighted by molar-refractivity contribution is 9.10. The molecule has 0 radical (unpaired) electrons. The van der Waals surface area contributed by atoms with Crippen molar-refractivity contribution < 1.29 is 9.18 Å². The van der Waals surface area contributed by atoms with Crippen LogP contribution in [-0.4, -0.2) is 11.4 Å². The van der Waals surface area contributed by atoms with Crippen LogP contribution < -0.4 is 5.32 Å². The van der Waals surface area contributed by atoms with Crippen LogP contribution in [0.1, 0.15) is 42.5 Å². The Bertz CT molecular complexity index is 533. The third kappa shape index (κ3) is 3.13. The van der Waals surface area contributed by atoms with Crippen LogP contribution in [0.5, 0.6) is 0 Å². The molecule has 1 amide bonds. The predicted octanol–water partition coefficient (Wildman–Crippen LogP) is 3.54. The zero-order valence-corrected chi connectivity index (χ0v) is 12.0. The number of benzene rings is 1. The van der Waals surface area contributed by atoms with Gasteiger partial charge in [0.25, 0.3) is 5.91 Å². The number of nitrogens with zero attached hydrogens (tertiary/aromatic N) is 1. The minimum atomic E-state index is -0.838. The fourth-order valence-corrected chi connectivity index (χ4v) is 2.71. The van der Waals surface area contributed by atoms with Crippen molar-refractivity contribution in [1.82, 2.24) is 5.32 Å². The van der Waals surface area contributed by atoms with Crippen LogP contribution in [0.25, 0.3) is 0 Å². The number of rotatable bonds is 2. The molecule has 0 bridgehead atoms. The summed E-state index contributed by atoms with van der Waals surface area (Å²) < 4.78 is 14.3. The van der Waals surface area contributed by atoms with Crippen LogP contribution >= 0.6 is 15.9 Å². The molecule has 3 nitrogen and oxygen atoms in total. The van der Waals surface area contributed by atoms with Gasteiger partial charge in [-0.3, -0.25) is 4.79 Å². The third-order valence-corrected chi connectivity index (χ3v) is 3.94. The van der Waals surface area contributed by atoms with Crippen molar-refractivity contribution in [3.8, 4) is 6.07 Å². The molecule has 0 unspecified atom stereocenters. The van der Waals surface area contributed by atoms with Gasteiger partial charge < -0.3 is 5.32 Å². The van der Waals surface area contributed by atoms with Crippen LogP contribution in [0, 0.1) is 17.1 Å². The molecule has 5 heteroatoms. The molecule has 0 spiro atoms. The van der Waals surface area contributed by atoms with E-state index in [9.17, 15) is 14.4 Å². The van der Waals surface area contributed by atoms with E-state index >= 15 is 0 Å². The maximum Gasteiger partial charge on any atom is 0.255 e. The van der Waals surface area contributed by atoms with E-state index in [1.54, 1.807) is 6.07 Å². The number of nitrogens with one attached hydrogen (secondary N) is 1. The van der Waals surface area contributed by atoms with Crippen LogP contribution in [0.3, 0.4) is 0 Å². The molecule has 19 heavy (non-hydrogen) atoms. The zero-order chi connectivity index (χ0) is 13.9. The molecule has 1 aliphatic carbocycles. The summed E-state index contributed by atoms with van der Waals surface area (Å²) in [5, 5.41) is 12.0. The number of halogens is 2. The molecular formula is C14H14BrFN2O. The standard InChI is InChI=1S/C14H14BrFN2O/c15-10-4-5-11(12(16)8-10)13(19)18-14(9-17)6-2-1-3-7-14/h4-5,8H,1-3,6-7H2,(H,18,19). The van der Waals surface area contributed by atoms with Gasteiger partial charge in [-0.1, -0.05) is 35.2 Å². The number of hydrogen-bond acceptors (Lipinski definition) is 2. The molecule has 1 aromatic carbocycles. The lowest BCUT2D eigenvalue weighted by molar-refractivity contribution is 0.0898. The lowest BCUT2D eigenvalue weighted by atomic mass is 9.82. The smallest absolute Gasteiger partial charge is 0.255 e. The van der Waals surface area contributed by atoms with Gasteiger partial charge in [0.05, 0.1) is 11.6 Å². The topological polar surface area (TPSA) is 52.9 Å². The molecule has 0 heterocycles. The first-order valence-electron chi connectivity index (χ1n) is 6.25. The summed E-state index contributed by atoms with van der Waals surface area (Å²) in [5.41, 5.74) is -0.863. The molecule has 2 rings (SSSR count). The Balaban J connectivity index is 2.18. The molecule has 0 aliphatic heterocycles. The van der Waals surface area contributed by atoms with E-state index in [0.717, 1.165) is 19.3 Å². The van der Waals surface area contributed by atoms with E-state index in [-0.39, 0.29) is 5.56 Å². The highest BCUT2D eigenvalue weighted by Gasteiger charge is 2.34. The Morgan fingerprint density at radius 2 is 2.05 bits per heavy atom. The van der Waals surface area contributed by atoms with Gasteiger partial charge in [-0.2, -0.15) is 5.26 Å². The molecular weight excluding hydrogens is 311 g/mol. The molecule has 100 valence electrons. The summed E-state index contributed by atoms with van der Waals surface area (Å²) >= 11 is 3.14. The van der Waals surface area contributed by atoms with E-state index in [1.807, 2.05) is 0 Å². The molecule has 1 fully saturated rings. The van der Waals surface area contributed by atoms with E-state index in [2.05, 4.69) is 27.3 Å². The maximum absolute atomic E-state index is 13.7. The fourth-order valence-electron chi connectivity index (χ4n) is 2.38. The number of amides is 1. The first-order chi connectivity index (χ1) is 9.06. The van der Waals surface area contributed by atoms with Crippen LogP contribution in [-0.2, 0) is 0 Å². The Labute approximate surface area is 119 Å². The van der Waals surface area contributed by atoms with Crippen molar-refractivity contribution in [1.29, 1.82) is 5.26 Å². The molecule has 0 aromatic heterocycles. The van der Waals surface area contributed by atoms with E-state index in [1.165, 1.54) is 12.1 Å². The second kappa shape index (κ2) is 5.70. The van der Waals surface area contributed by atoms with Gasteiger partial charge in [-0.25, -0.2) is 4.39 Å². The second-order valence-electron chi connectivity index (χ2n) is 4.83. The molecule has 1 aliphatic rings. The average molecular weight is 325 g/mol. The predicted molar refractivity (Wildman–Crippen MR) is 73.0 cm³/mol. The summed E-state index contributed by atoms with van der Waals surface area (Å²) in [5.74, 6) is -1.11. The summed E-state index contributed by atoms with van der Waals surface area (Å²) in [6.07, 6.45) is 4.17. The van der Waals surface area contributed by atoms with Crippen molar-refractivity contribution in [3.63, 3.8) is 0 Å². The Morgan fingerprint density at radius 1 is 1.37 bits per heavy atom. The Morgan fingerprint density at radius 3 is 2.63 bits per heavy atom. The van der Waals surface area contributed by atoms with E-state index in [0.29, 0.717) is 17.3 Å². The summed E-state index contributed by atoms with van der Waals surface area (Å²) in [6, 6.07) is 6.46. The van der Waals surface area contributed by atoms with Gasteiger partial charge in [-0.15, -0.1) is 0 Å². The van der Waals surface area contributed by atoms with Crippen molar-refractivity contribution in [2.45, 2.75) is 37.6 Å². The van der Waals surface area contributed by atoms with Crippen molar-refractivity contribution in [2.75, 3.05) is 0 Å². The van der Waals surface area contributed by atoms with Gasteiger partial charge in [0.15, 0.2) is 0 Å². The second-order valence-corrected chi connectivity index (χ2v) is 5.75. The number of carbonyl (C=O) groups excluding carboxylic acids is 1. The number of carbonyl (C=O) groups is 1. The summed E-state index contributed by atoms with van der Waals surface area (Å²) in [4.78, 5) is 12.1. The SMILES string of the molecule is N#CC1(NC(=O)c2ccc(Br)cc2F)CCCCC1. The lowest BCUT2D eigenvalue weighted by Crippen LogP contribution is -2.48.